The van der Waals surface area contributed by atoms with Crippen molar-refractivity contribution in [2.45, 2.75) is 25.4 Å². The van der Waals surface area contributed by atoms with Gasteiger partial charge in [-0.15, -0.1) is 0 Å². The molecule has 0 aromatic heterocycles. The van der Waals surface area contributed by atoms with Crippen LogP contribution in [0.3, 0.4) is 0 Å². The van der Waals surface area contributed by atoms with Crippen LogP contribution in [-0.2, 0) is 16.0 Å². The Balaban J connectivity index is 1.85. The highest BCUT2D eigenvalue weighted by atomic mass is 16.5. The van der Waals surface area contributed by atoms with E-state index in [9.17, 15) is 9.90 Å². The fraction of sp³-hybridized carbons (Fsp3) is 0.385. The molecule has 2 rings (SSSR count). The van der Waals surface area contributed by atoms with Gasteiger partial charge in [-0.25, -0.2) is 0 Å². The molecule has 1 aromatic carbocycles. The van der Waals surface area contributed by atoms with E-state index >= 15 is 0 Å². The van der Waals surface area contributed by atoms with Gasteiger partial charge < -0.3 is 14.9 Å². The van der Waals surface area contributed by atoms with E-state index in [1.807, 2.05) is 12.1 Å². The highest BCUT2D eigenvalue weighted by Gasteiger charge is 2.21. The number of aliphatic carboxylic acids is 1. The van der Waals surface area contributed by atoms with E-state index in [0.717, 1.165) is 5.56 Å². The van der Waals surface area contributed by atoms with Gasteiger partial charge in [0.25, 0.3) is 0 Å². The van der Waals surface area contributed by atoms with E-state index in [1.165, 1.54) is 0 Å². The number of nitrogens with zero attached hydrogens (tertiary/aromatic N) is 1. The van der Waals surface area contributed by atoms with Crippen LogP contribution in [0.2, 0.25) is 0 Å². The molecule has 96 valence electrons. The third-order valence-corrected chi connectivity index (χ3v) is 2.77. The van der Waals surface area contributed by atoms with Crippen LogP contribution in [0, 0.1) is 0 Å². The molecule has 1 aromatic rings. The van der Waals surface area contributed by atoms with Crippen molar-refractivity contribution in [3.63, 3.8) is 0 Å². The lowest BCUT2D eigenvalue weighted by atomic mass is 10.1. The van der Waals surface area contributed by atoms with Gasteiger partial charge in [0.15, 0.2) is 5.90 Å². The molecule has 1 atom stereocenters. The monoisotopic (exact) mass is 249 g/mol. The average molecular weight is 249 g/mol. The summed E-state index contributed by atoms with van der Waals surface area (Å²) in [6, 6.07) is 7.10. The second kappa shape index (κ2) is 5.53. The smallest absolute Gasteiger partial charge is 0.303 e. The number of phenolic OH excluding ortho intramolecular Hbond substituents is 1. The minimum absolute atomic E-state index is 0.0299. The minimum atomic E-state index is -0.856. The molecule has 0 amide bonds. The van der Waals surface area contributed by atoms with Crippen molar-refractivity contribution in [3.8, 4) is 5.75 Å². The molecule has 1 aliphatic heterocycles. The van der Waals surface area contributed by atoms with Gasteiger partial charge in [-0.3, -0.25) is 9.79 Å². The molecular weight excluding hydrogens is 234 g/mol. The number of aromatic hydroxyl groups is 1. The van der Waals surface area contributed by atoms with Crippen molar-refractivity contribution in [1.82, 2.24) is 0 Å². The Hall–Kier alpha value is -2.04. The van der Waals surface area contributed by atoms with Crippen molar-refractivity contribution < 1.29 is 19.7 Å². The number of carboxylic acids is 1. The van der Waals surface area contributed by atoms with Crippen LogP contribution >= 0.6 is 0 Å². The Morgan fingerprint density at radius 3 is 2.94 bits per heavy atom. The minimum Gasteiger partial charge on any atom is -0.508 e. The van der Waals surface area contributed by atoms with Crippen LogP contribution in [0.1, 0.15) is 18.4 Å². The third kappa shape index (κ3) is 3.23. The summed E-state index contributed by atoms with van der Waals surface area (Å²) in [5, 5.41) is 18.2. The number of carbonyl (C=O) groups is 1. The fourth-order valence-electron chi connectivity index (χ4n) is 1.86. The average Bonchev–Trinajstić information content (AvgIpc) is 2.77. The number of phenols is 1. The summed E-state index contributed by atoms with van der Waals surface area (Å²) in [5.41, 5.74) is 0.817. The maximum absolute atomic E-state index is 10.4. The first-order valence-electron chi connectivity index (χ1n) is 5.84. The summed E-state index contributed by atoms with van der Waals surface area (Å²) in [5.74, 6) is -0.108. The van der Waals surface area contributed by atoms with Gasteiger partial charge in [0.1, 0.15) is 11.9 Å². The molecule has 0 aliphatic carbocycles. The lowest BCUT2D eigenvalue weighted by Gasteiger charge is -2.11. The van der Waals surface area contributed by atoms with E-state index in [4.69, 9.17) is 9.84 Å². The number of rotatable bonds is 5. The van der Waals surface area contributed by atoms with Crippen LogP contribution in [0.25, 0.3) is 0 Å². The summed E-state index contributed by atoms with van der Waals surface area (Å²) in [6.07, 6.45) is 0.823. The van der Waals surface area contributed by atoms with Gasteiger partial charge in [0.05, 0.1) is 13.0 Å². The molecule has 0 saturated carbocycles. The third-order valence-electron chi connectivity index (χ3n) is 2.77. The molecule has 5 nitrogen and oxygen atoms in total. The summed E-state index contributed by atoms with van der Waals surface area (Å²) >= 11 is 0. The molecule has 0 fully saturated rings. The van der Waals surface area contributed by atoms with E-state index in [1.54, 1.807) is 12.1 Å². The van der Waals surface area contributed by atoms with Crippen LogP contribution in [0.5, 0.6) is 5.75 Å². The van der Waals surface area contributed by atoms with Crippen molar-refractivity contribution in [3.05, 3.63) is 29.8 Å². The summed E-state index contributed by atoms with van der Waals surface area (Å²) in [4.78, 5) is 14.6. The van der Waals surface area contributed by atoms with Crippen LogP contribution < -0.4 is 0 Å². The van der Waals surface area contributed by atoms with E-state index in [0.29, 0.717) is 25.3 Å². The zero-order chi connectivity index (χ0) is 13.0. The lowest BCUT2D eigenvalue weighted by Crippen LogP contribution is -2.16. The SMILES string of the molecule is O=C(O)CCC1=NCC(Cc2ccccc2O)O1. The van der Waals surface area contributed by atoms with Crippen LogP contribution in [-0.4, -0.2) is 34.7 Å². The Labute approximate surface area is 105 Å². The topological polar surface area (TPSA) is 79.1 Å². The number of benzene rings is 1. The Morgan fingerprint density at radius 2 is 2.22 bits per heavy atom. The van der Waals surface area contributed by atoms with Crippen molar-refractivity contribution in [1.29, 1.82) is 0 Å². The predicted octanol–water partition coefficient (Wildman–Crippen LogP) is 1.60. The summed E-state index contributed by atoms with van der Waals surface area (Å²) in [6.45, 7) is 0.517. The van der Waals surface area contributed by atoms with Crippen LogP contribution in [0.15, 0.2) is 29.3 Å². The quantitative estimate of drug-likeness (QED) is 0.830. The molecule has 0 saturated heterocycles. The molecule has 1 unspecified atom stereocenters. The molecule has 0 spiro atoms. The predicted molar refractivity (Wildman–Crippen MR) is 65.9 cm³/mol. The van der Waals surface area contributed by atoms with Gasteiger partial charge >= 0.3 is 5.97 Å². The van der Waals surface area contributed by atoms with Gasteiger partial charge in [-0.2, -0.15) is 0 Å². The molecule has 0 bridgehead atoms. The normalized spacial score (nSPS) is 18.2. The van der Waals surface area contributed by atoms with Gasteiger partial charge in [-0.05, 0) is 11.6 Å². The largest absolute Gasteiger partial charge is 0.508 e. The Bertz CT molecular complexity index is 470. The first-order chi connectivity index (χ1) is 8.65. The highest BCUT2D eigenvalue weighted by Crippen LogP contribution is 2.20. The zero-order valence-corrected chi connectivity index (χ0v) is 9.87. The van der Waals surface area contributed by atoms with Gasteiger partial charge in [0, 0.05) is 12.8 Å². The van der Waals surface area contributed by atoms with Crippen molar-refractivity contribution >= 4 is 11.9 Å². The summed E-state index contributed by atoms with van der Waals surface area (Å²) in [7, 11) is 0. The maximum atomic E-state index is 10.4. The Morgan fingerprint density at radius 1 is 1.44 bits per heavy atom. The second-order valence-corrected chi connectivity index (χ2v) is 4.20. The standard InChI is InChI=1S/C13H15NO4/c15-11-4-2-1-3-9(11)7-10-8-14-12(18-10)5-6-13(16)17/h1-4,10,15H,5-8H2,(H,16,17). The van der Waals surface area contributed by atoms with Gasteiger partial charge in [0.2, 0.25) is 0 Å². The molecule has 1 heterocycles. The number of ether oxygens (including phenoxy) is 1. The first kappa shape index (κ1) is 12.4. The van der Waals surface area contributed by atoms with Crippen LogP contribution in [0.4, 0.5) is 0 Å². The van der Waals surface area contributed by atoms with Crippen molar-refractivity contribution in [2.75, 3.05) is 6.54 Å². The number of aliphatic imine (C=N–C) groups is 1. The Kier molecular flexibility index (Phi) is 3.82. The number of para-hydroxylation sites is 1. The van der Waals surface area contributed by atoms with E-state index in [2.05, 4.69) is 4.99 Å². The molecule has 5 heteroatoms. The second-order valence-electron chi connectivity index (χ2n) is 4.20. The number of hydrogen-bond donors (Lipinski definition) is 2. The lowest BCUT2D eigenvalue weighted by molar-refractivity contribution is -0.136. The zero-order valence-electron chi connectivity index (χ0n) is 9.87. The molecular formula is C13H15NO4. The molecule has 18 heavy (non-hydrogen) atoms. The molecule has 1 aliphatic rings. The fourth-order valence-corrected chi connectivity index (χ4v) is 1.86. The number of hydrogen-bond acceptors (Lipinski definition) is 4. The molecule has 0 radical (unpaired) electrons. The number of carboxylic acid groups (broad SMARTS) is 1. The van der Waals surface area contributed by atoms with E-state index < -0.39 is 5.97 Å². The van der Waals surface area contributed by atoms with Crippen molar-refractivity contribution in [2.24, 2.45) is 4.99 Å². The van der Waals surface area contributed by atoms with Gasteiger partial charge in [-0.1, -0.05) is 18.2 Å². The first-order valence-corrected chi connectivity index (χ1v) is 5.84. The summed E-state index contributed by atoms with van der Waals surface area (Å²) < 4.78 is 5.55. The molecule has 2 N–H and O–H groups in total. The van der Waals surface area contributed by atoms with E-state index in [-0.39, 0.29) is 18.3 Å². The highest BCUT2D eigenvalue weighted by molar-refractivity contribution is 5.81. The maximum Gasteiger partial charge on any atom is 0.303 e.